The van der Waals surface area contributed by atoms with Crippen LogP contribution in [0.15, 0.2) is 12.7 Å². The van der Waals surface area contributed by atoms with Crippen molar-refractivity contribution in [1.29, 1.82) is 0 Å². The fraction of sp³-hybridized carbons (Fsp3) is 0.800. The minimum absolute atomic E-state index is 0.0246. The van der Waals surface area contributed by atoms with Gasteiger partial charge in [0.05, 0.1) is 19.3 Å². The van der Waals surface area contributed by atoms with Gasteiger partial charge in [-0.25, -0.2) is 0 Å². The predicted octanol–water partition coefficient (Wildman–Crippen LogP) is 4.10. The fourth-order valence-corrected chi connectivity index (χ4v) is 3.31. The van der Waals surface area contributed by atoms with E-state index in [2.05, 4.69) is 40.4 Å². The van der Waals surface area contributed by atoms with Crippen molar-refractivity contribution in [3.63, 3.8) is 0 Å². The molecule has 0 aromatic carbocycles. The lowest BCUT2D eigenvalue weighted by atomic mass is 10.0. The van der Waals surface area contributed by atoms with E-state index < -0.39 is 37.9 Å². The van der Waals surface area contributed by atoms with E-state index in [9.17, 15) is 9.59 Å². The second-order valence-electron chi connectivity index (χ2n) is 9.19. The van der Waals surface area contributed by atoms with Crippen molar-refractivity contribution in [1.82, 2.24) is 0 Å². The van der Waals surface area contributed by atoms with Crippen LogP contribution in [0, 0.1) is 5.92 Å². The second kappa shape index (κ2) is 10.4. The van der Waals surface area contributed by atoms with Gasteiger partial charge in [0.15, 0.2) is 8.32 Å². The van der Waals surface area contributed by atoms with Crippen molar-refractivity contribution < 1.29 is 28.2 Å². The van der Waals surface area contributed by atoms with Gasteiger partial charge in [0, 0.05) is 6.92 Å². The van der Waals surface area contributed by atoms with Crippen LogP contribution < -0.4 is 0 Å². The van der Waals surface area contributed by atoms with Crippen LogP contribution in [0.25, 0.3) is 0 Å². The Balaban J connectivity index is 5.67. The summed E-state index contributed by atoms with van der Waals surface area (Å²) < 4.78 is 22.8. The molecule has 0 aliphatic heterocycles. The van der Waals surface area contributed by atoms with Crippen LogP contribution in [-0.4, -0.2) is 51.8 Å². The maximum absolute atomic E-state index is 12.8. The highest BCUT2D eigenvalue weighted by Crippen LogP contribution is 2.38. The molecule has 7 heteroatoms. The lowest BCUT2D eigenvalue weighted by molar-refractivity contribution is -0.169. The SMILES string of the molecule is C=CCOCC(C(=O)OC(C)(C)C)C(COC(C)=O)O[Si](C)(C)C(C)(C)C. The quantitative estimate of drug-likeness (QED) is 0.237. The molecule has 0 amide bonds. The Morgan fingerprint density at radius 3 is 2.04 bits per heavy atom. The van der Waals surface area contributed by atoms with E-state index >= 15 is 0 Å². The summed E-state index contributed by atoms with van der Waals surface area (Å²) >= 11 is 0. The standard InChI is InChI=1S/C20H38O6Si/c1-11-12-23-13-16(18(22)25-19(3,4)5)17(14-24-15(2)21)26-27(9,10)20(6,7)8/h11,16-17H,1,12-14H2,2-10H3. The third kappa shape index (κ3) is 10.1. The Morgan fingerprint density at radius 2 is 1.63 bits per heavy atom. The van der Waals surface area contributed by atoms with E-state index in [1.54, 1.807) is 6.08 Å². The first kappa shape index (κ1) is 25.8. The molecule has 0 aromatic rings. The molecular formula is C20H38O6Si. The molecule has 0 N–H and O–H groups in total. The van der Waals surface area contributed by atoms with Crippen LogP contribution in [-0.2, 0) is 28.2 Å². The Kier molecular flexibility index (Phi) is 9.93. The number of ether oxygens (including phenoxy) is 3. The van der Waals surface area contributed by atoms with Crippen molar-refractivity contribution >= 4 is 20.3 Å². The molecule has 27 heavy (non-hydrogen) atoms. The molecule has 0 aliphatic carbocycles. The van der Waals surface area contributed by atoms with E-state index in [-0.39, 0.29) is 18.3 Å². The molecule has 158 valence electrons. The van der Waals surface area contributed by atoms with Gasteiger partial charge in [-0.2, -0.15) is 0 Å². The maximum Gasteiger partial charge on any atom is 0.314 e. The van der Waals surface area contributed by atoms with Crippen LogP contribution in [0.5, 0.6) is 0 Å². The van der Waals surface area contributed by atoms with Crippen LogP contribution in [0.1, 0.15) is 48.5 Å². The molecule has 0 saturated carbocycles. The maximum atomic E-state index is 12.8. The zero-order chi connectivity index (χ0) is 21.5. The Morgan fingerprint density at radius 1 is 1.07 bits per heavy atom. The van der Waals surface area contributed by atoms with E-state index in [0.29, 0.717) is 6.61 Å². The minimum Gasteiger partial charge on any atom is -0.463 e. The van der Waals surface area contributed by atoms with Gasteiger partial charge in [-0.3, -0.25) is 9.59 Å². The first-order chi connectivity index (χ1) is 12.1. The summed E-state index contributed by atoms with van der Waals surface area (Å²) in [6.45, 7) is 21.3. The lowest BCUT2D eigenvalue weighted by Crippen LogP contribution is -2.50. The lowest BCUT2D eigenvalue weighted by Gasteiger charge is -2.41. The van der Waals surface area contributed by atoms with Gasteiger partial charge in [0.2, 0.25) is 0 Å². The van der Waals surface area contributed by atoms with Crippen molar-refractivity contribution in [3.05, 3.63) is 12.7 Å². The third-order valence-electron chi connectivity index (χ3n) is 4.39. The fourth-order valence-electron chi connectivity index (χ4n) is 1.97. The molecule has 0 aliphatic rings. The smallest absolute Gasteiger partial charge is 0.314 e. The molecule has 6 nitrogen and oxygen atoms in total. The first-order valence-electron chi connectivity index (χ1n) is 9.33. The summed E-state index contributed by atoms with van der Waals surface area (Å²) in [4.78, 5) is 24.2. The monoisotopic (exact) mass is 402 g/mol. The van der Waals surface area contributed by atoms with E-state index in [0.717, 1.165) is 0 Å². The van der Waals surface area contributed by atoms with Crippen LogP contribution in [0.3, 0.4) is 0 Å². The molecule has 0 heterocycles. The van der Waals surface area contributed by atoms with Gasteiger partial charge in [0.1, 0.15) is 18.1 Å². The zero-order valence-corrected chi connectivity index (χ0v) is 19.5. The number of carbonyl (C=O) groups is 2. The number of carbonyl (C=O) groups excluding carboxylic acids is 2. The second-order valence-corrected chi connectivity index (χ2v) is 13.9. The normalized spacial score (nSPS) is 15.0. The molecule has 0 fully saturated rings. The molecule has 0 aromatic heterocycles. The van der Waals surface area contributed by atoms with Crippen LogP contribution in [0.2, 0.25) is 18.1 Å². The third-order valence-corrected chi connectivity index (χ3v) is 8.90. The minimum atomic E-state index is -2.23. The number of hydrogen-bond donors (Lipinski definition) is 0. The highest BCUT2D eigenvalue weighted by Gasteiger charge is 2.43. The molecule has 0 saturated heterocycles. The van der Waals surface area contributed by atoms with E-state index in [1.165, 1.54) is 6.92 Å². The van der Waals surface area contributed by atoms with Crippen molar-refractivity contribution in [2.75, 3.05) is 19.8 Å². The van der Waals surface area contributed by atoms with Crippen molar-refractivity contribution in [3.8, 4) is 0 Å². The summed E-state index contributed by atoms with van der Waals surface area (Å²) in [5, 5.41) is -0.0675. The molecule has 2 unspecified atom stereocenters. The number of esters is 2. The van der Waals surface area contributed by atoms with Gasteiger partial charge in [-0.1, -0.05) is 26.8 Å². The Bertz CT molecular complexity index is 502. The number of rotatable bonds is 10. The summed E-state index contributed by atoms with van der Waals surface area (Å²) in [7, 11) is -2.23. The molecular weight excluding hydrogens is 364 g/mol. The predicted molar refractivity (Wildman–Crippen MR) is 109 cm³/mol. The van der Waals surface area contributed by atoms with Gasteiger partial charge < -0.3 is 18.6 Å². The van der Waals surface area contributed by atoms with E-state index in [4.69, 9.17) is 18.6 Å². The average molecular weight is 403 g/mol. The van der Waals surface area contributed by atoms with E-state index in [1.807, 2.05) is 20.8 Å². The highest BCUT2D eigenvalue weighted by molar-refractivity contribution is 6.74. The Labute approximate surface area is 165 Å². The summed E-state index contributed by atoms with van der Waals surface area (Å²) in [5.41, 5.74) is -0.642. The summed E-state index contributed by atoms with van der Waals surface area (Å²) in [5.74, 6) is -1.56. The molecule has 0 rings (SSSR count). The average Bonchev–Trinajstić information content (AvgIpc) is 2.45. The van der Waals surface area contributed by atoms with Crippen LogP contribution >= 0.6 is 0 Å². The van der Waals surface area contributed by atoms with Gasteiger partial charge in [0.25, 0.3) is 0 Å². The molecule has 0 spiro atoms. The summed E-state index contributed by atoms with van der Waals surface area (Å²) in [6, 6.07) is 0. The highest BCUT2D eigenvalue weighted by atomic mass is 28.4. The van der Waals surface area contributed by atoms with Gasteiger partial charge in [-0.05, 0) is 38.9 Å². The first-order valence-corrected chi connectivity index (χ1v) is 12.2. The molecule has 2 atom stereocenters. The van der Waals surface area contributed by atoms with Crippen molar-refractivity contribution in [2.24, 2.45) is 5.92 Å². The molecule has 0 bridgehead atoms. The topological polar surface area (TPSA) is 71.1 Å². The Hall–Kier alpha value is -1.18. The number of hydrogen-bond acceptors (Lipinski definition) is 6. The van der Waals surface area contributed by atoms with Gasteiger partial charge in [-0.15, -0.1) is 6.58 Å². The molecule has 0 radical (unpaired) electrons. The van der Waals surface area contributed by atoms with Gasteiger partial charge >= 0.3 is 11.9 Å². The van der Waals surface area contributed by atoms with Crippen LogP contribution in [0.4, 0.5) is 0 Å². The largest absolute Gasteiger partial charge is 0.463 e. The zero-order valence-electron chi connectivity index (χ0n) is 18.5. The van der Waals surface area contributed by atoms with Crippen molar-refractivity contribution in [2.45, 2.75) is 78.3 Å². The summed E-state index contributed by atoms with van der Waals surface area (Å²) in [6.07, 6.45) is 0.969.